The first-order chi connectivity index (χ1) is 8.54. The van der Waals surface area contributed by atoms with Gasteiger partial charge in [-0.05, 0) is 31.5 Å². The van der Waals surface area contributed by atoms with E-state index in [1.165, 1.54) is 12.1 Å². The van der Waals surface area contributed by atoms with Crippen LogP contribution in [0.3, 0.4) is 0 Å². The van der Waals surface area contributed by atoms with Crippen LogP contribution in [0.15, 0.2) is 18.2 Å². The van der Waals surface area contributed by atoms with Crippen LogP contribution in [0.25, 0.3) is 0 Å². The Labute approximate surface area is 111 Å². The van der Waals surface area contributed by atoms with Crippen molar-refractivity contribution < 1.29 is 13.9 Å². The summed E-state index contributed by atoms with van der Waals surface area (Å²) in [4.78, 5) is 11.1. The van der Waals surface area contributed by atoms with Crippen LogP contribution in [0.5, 0.6) is 0 Å². The Morgan fingerprint density at radius 1 is 1.56 bits per heavy atom. The lowest BCUT2D eigenvalue weighted by molar-refractivity contribution is -0.143. The molecule has 18 heavy (non-hydrogen) atoms. The van der Waals surface area contributed by atoms with Crippen molar-refractivity contribution >= 4 is 17.6 Å². The van der Waals surface area contributed by atoms with E-state index in [0.29, 0.717) is 24.6 Å². The highest BCUT2D eigenvalue weighted by Crippen LogP contribution is 2.23. The summed E-state index contributed by atoms with van der Waals surface area (Å²) >= 11 is 5.94. The van der Waals surface area contributed by atoms with E-state index >= 15 is 0 Å². The minimum absolute atomic E-state index is 0.0486. The number of ether oxygens (including phenoxy) is 1. The van der Waals surface area contributed by atoms with Crippen LogP contribution in [0.1, 0.15) is 31.9 Å². The predicted molar refractivity (Wildman–Crippen MR) is 69.1 cm³/mol. The molecule has 0 radical (unpaired) electrons. The Bertz CT molecular complexity index is 412. The molecule has 0 fully saturated rings. The number of esters is 1. The second kappa shape index (κ2) is 7.34. The summed E-state index contributed by atoms with van der Waals surface area (Å²) < 4.78 is 17.7. The highest BCUT2D eigenvalue weighted by atomic mass is 35.5. The topological polar surface area (TPSA) is 38.3 Å². The molecule has 1 rings (SSSR count). The van der Waals surface area contributed by atoms with Gasteiger partial charge in [0.05, 0.1) is 13.0 Å². The van der Waals surface area contributed by atoms with Gasteiger partial charge < -0.3 is 10.1 Å². The molecule has 0 bridgehead atoms. The minimum Gasteiger partial charge on any atom is -0.466 e. The lowest BCUT2D eigenvalue weighted by Gasteiger charge is -2.15. The fourth-order valence-electron chi connectivity index (χ4n) is 1.59. The van der Waals surface area contributed by atoms with Gasteiger partial charge in [-0.15, -0.1) is 0 Å². The number of hydrogen-bond acceptors (Lipinski definition) is 3. The molecule has 0 aliphatic carbocycles. The molecular weight excluding hydrogens is 257 g/mol. The zero-order valence-corrected chi connectivity index (χ0v) is 11.3. The van der Waals surface area contributed by atoms with Crippen LogP contribution in [0, 0.1) is 5.82 Å². The first-order valence-electron chi connectivity index (χ1n) is 5.88. The number of carbonyl (C=O) groups excluding carboxylic acids is 1. The maximum atomic E-state index is 12.9. The number of halogens is 2. The van der Waals surface area contributed by atoms with Crippen molar-refractivity contribution in [2.45, 2.75) is 26.3 Å². The molecule has 0 aliphatic heterocycles. The molecular formula is C13H17ClFNO2. The molecule has 0 aliphatic rings. The lowest BCUT2D eigenvalue weighted by atomic mass is 10.1. The van der Waals surface area contributed by atoms with Gasteiger partial charge >= 0.3 is 5.97 Å². The molecule has 0 amide bonds. The zero-order valence-electron chi connectivity index (χ0n) is 10.5. The van der Waals surface area contributed by atoms with Crippen LogP contribution in [0.2, 0.25) is 5.02 Å². The largest absolute Gasteiger partial charge is 0.466 e. The van der Waals surface area contributed by atoms with E-state index in [4.69, 9.17) is 16.3 Å². The molecule has 0 saturated heterocycles. The summed E-state index contributed by atoms with van der Waals surface area (Å²) in [7, 11) is 0. The molecule has 5 heteroatoms. The molecule has 1 unspecified atom stereocenters. The molecule has 0 spiro atoms. The van der Waals surface area contributed by atoms with Gasteiger partial charge in [0.25, 0.3) is 0 Å². The number of nitrogens with one attached hydrogen (secondary N) is 1. The zero-order chi connectivity index (χ0) is 13.5. The third kappa shape index (κ3) is 4.63. The van der Waals surface area contributed by atoms with E-state index in [1.54, 1.807) is 13.0 Å². The maximum Gasteiger partial charge on any atom is 0.307 e. The summed E-state index contributed by atoms with van der Waals surface area (Å²) in [6, 6.07) is 4.23. The van der Waals surface area contributed by atoms with Crippen molar-refractivity contribution in [2.24, 2.45) is 0 Å². The van der Waals surface area contributed by atoms with Gasteiger partial charge in [-0.1, -0.05) is 17.7 Å². The molecule has 100 valence electrons. The normalized spacial score (nSPS) is 12.2. The Morgan fingerprint density at radius 2 is 2.28 bits per heavy atom. The van der Waals surface area contributed by atoms with E-state index in [-0.39, 0.29) is 17.8 Å². The Hall–Kier alpha value is -1.13. The maximum absolute atomic E-state index is 12.9. The summed E-state index contributed by atoms with van der Waals surface area (Å²) in [5, 5.41) is 3.52. The van der Waals surface area contributed by atoms with E-state index in [1.807, 2.05) is 6.92 Å². The fourth-order valence-corrected chi connectivity index (χ4v) is 1.92. The first-order valence-corrected chi connectivity index (χ1v) is 6.26. The summed E-state index contributed by atoms with van der Waals surface area (Å²) in [6.07, 6.45) is 0.303. The average molecular weight is 274 g/mol. The van der Waals surface area contributed by atoms with E-state index < -0.39 is 0 Å². The summed E-state index contributed by atoms with van der Waals surface area (Å²) in [5.41, 5.74) is 0.807. The second-order valence-electron chi connectivity index (χ2n) is 3.90. The molecule has 1 aromatic carbocycles. The van der Waals surface area contributed by atoms with Crippen molar-refractivity contribution in [2.75, 3.05) is 13.2 Å². The van der Waals surface area contributed by atoms with Crippen molar-refractivity contribution in [3.63, 3.8) is 0 Å². The Kier molecular flexibility index (Phi) is 6.09. The molecule has 0 aromatic heterocycles. The summed E-state index contributed by atoms with van der Waals surface area (Å²) in [5.74, 6) is -0.593. The van der Waals surface area contributed by atoms with Crippen molar-refractivity contribution in [1.29, 1.82) is 0 Å². The van der Waals surface area contributed by atoms with Crippen LogP contribution in [-0.2, 0) is 9.53 Å². The molecule has 1 N–H and O–H groups in total. The van der Waals surface area contributed by atoms with Gasteiger partial charge in [0.2, 0.25) is 0 Å². The molecule has 0 heterocycles. The summed E-state index contributed by atoms with van der Waals surface area (Å²) in [6.45, 7) is 4.56. The smallest absolute Gasteiger partial charge is 0.307 e. The van der Waals surface area contributed by atoms with Crippen molar-refractivity contribution in [3.05, 3.63) is 34.6 Å². The van der Waals surface area contributed by atoms with Crippen molar-refractivity contribution in [3.8, 4) is 0 Å². The lowest BCUT2D eigenvalue weighted by Crippen LogP contribution is -2.23. The second-order valence-corrected chi connectivity index (χ2v) is 4.30. The van der Waals surface area contributed by atoms with Crippen LogP contribution < -0.4 is 5.32 Å². The van der Waals surface area contributed by atoms with E-state index in [0.717, 1.165) is 5.56 Å². The minimum atomic E-state index is -0.359. The van der Waals surface area contributed by atoms with Gasteiger partial charge in [-0.25, -0.2) is 4.39 Å². The SMILES string of the molecule is CCOC(=O)CCNC(C)c1ccc(F)cc1Cl. The number of benzene rings is 1. The number of carbonyl (C=O) groups is 1. The van der Waals surface area contributed by atoms with Gasteiger partial charge in [0, 0.05) is 17.6 Å². The quantitative estimate of drug-likeness (QED) is 0.810. The standard InChI is InChI=1S/C13H17ClFNO2/c1-3-18-13(17)6-7-16-9(2)11-5-4-10(15)8-12(11)14/h4-5,8-9,16H,3,6-7H2,1-2H3. The van der Waals surface area contributed by atoms with Crippen LogP contribution in [0.4, 0.5) is 4.39 Å². The highest BCUT2D eigenvalue weighted by Gasteiger charge is 2.10. The number of hydrogen-bond donors (Lipinski definition) is 1. The van der Waals surface area contributed by atoms with Crippen molar-refractivity contribution in [1.82, 2.24) is 5.32 Å². The monoisotopic (exact) mass is 273 g/mol. The Balaban J connectivity index is 2.45. The number of rotatable bonds is 6. The molecule has 1 aromatic rings. The van der Waals surface area contributed by atoms with Gasteiger partial charge in [0.1, 0.15) is 5.82 Å². The fraction of sp³-hybridized carbons (Fsp3) is 0.462. The molecule has 1 atom stereocenters. The van der Waals surface area contributed by atoms with Gasteiger partial charge in [-0.3, -0.25) is 4.79 Å². The predicted octanol–water partition coefficient (Wildman–Crippen LogP) is 3.08. The van der Waals surface area contributed by atoms with Gasteiger partial charge in [-0.2, -0.15) is 0 Å². The average Bonchev–Trinajstić information content (AvgIpc) is 2.29. The molecule has 3 nitrogen and oxygen atoms in total. The van der Waals surface area contributed by atoms with Crippen LogP contribution in [-0.4, -0.2) is 19.1 Å². The highest BCUT2D eigenvalue weighted by molar-refractivity contribution is 6.31. The van der Waals surface area contributed by atoms with E-state index in [9.17, 15) is 9.18 Å². The third-order valence-electron chi connectivity index (χ3n) is 2.51. The Morgan fingerprint density at radius 3 is 2.89 bits per heavy atom. The molecule has 0 saturated carbocycles. The first kappa shape index (κ1) is 14.9. The van der Waals surface area contributed by atoms with Gasteiger partial charge in [0.15, 0.2) is 0 Å². The van der Waals surface area contributed by atoms with E-state index in [2.05, 4.69) is 5.32 Å². The third-order valence-corrected chi connectivity index (χ3v) is 2.84. The van der Waals surface area contributed by atoms with Crippen LogP contribution >= 0.6 is 11.6 Å².